The molecule has 0 bridgehead atoms. The minimum absolute atomic E-state index is 0.0183. The standard InChI is InChI=1S/C46H72N6O9/c1-13-29(6)41(50(10)46(57)40(28(4)5)49-45(56)39(27(2)3)47-31(8)33-21-23-35(24-22-33)52(58)59)37(60-11)26-38(53)51-25-17-20-36(51)43(61-12)30(7)44(55)48-32(9)42(54)34-18-15-14-16-19-34/h14-16,18-19,21-24,27-32,36-37,39-43,47,54H,13,17,20,25-26H2,1-12H3,(H,48,55)(H,49,56)/t29-,30+,31?,32+,36-,37+,39-,40-,41-,42+,43+/m0/s1. The van der Waals surface area contributed by atoms with E-state index < -0.39 is 53.3 Å². The monoisotopic (exact) mass is 853 g/mol. The first kappa shape index (κ1) is 50.9. The number of benzene rings is 2. The van der Waals surface area contributed by atoms with Crippen LogP contribution in [0.25, 0.3) is 0 Å². The van der Waals surface area contributed by atoms with Gasteiger partial charge in [0.1, 0.15) is 6.04 Å². The molecule has 4 N–H and O–H groups in total. The third-order valence-corrected chi connectivity index (χ3v) is 12.5. The van der Waals surface area contributed by atoms with Crippen LogP contribution < -0.4 is 16.0 Å². The number of ether oxygens (including phenoxy) is 2. The third-order valence-electron chi connectivity index (χ3n) is 12.5. The predicted molar refractivity (Wildman–Crippen MR) is 235 cm³/mol. The van der Waals surface area contributed by atoms with Gasteiger partial charge in [-0.3, -0.25) is 34.6 Å². The molecule has 2 aromatic carbocycles. The molecule has 1 unspecified atom stereocenters. The quantitative estimate of drug-likeness (QED) is 0.0812. The molecule has 15 nitrogen and oxygen atoms in total. The van der Waals surface area contributed by atoms with E-state index in [-0.39, 0.29) is 65.6 Å². The van der Waals surface area contributed by atoms with Gasteiger partial charge in [0.05, 0.1) is 59.7 Å². The second kappa shape index (κ2) is 23.7. The van der Waals surface area contributed by atoms with E-state index in [0.29, 0.717) is 24.9 Å². The number of likely N-dealkylation sites (N-methyl/N-ethyl adjacent to an activating group) is 1. The van der Waals surface area contributed by atoms with Crippen molar-refractivity contribution in [2.75, 3.05) is 27.8 Å². The lowest BCUT2D eigenvalue weighted by molar-refractivity contribution is -0.384. The van der Waals surface area contributed by atoms with E-state index in [9.17, 15) is 34.4 Å². The Morgan fingerprint density at radius 1 is 0.869 bits per heavy atom. The fourth-order valence-electron chi connectivity index (χ4n) is 8.48. The van der Waals surface area contributed by atoms with Gasteiger partial charge in [-0.05, 0) is 55.6 Å². The van der Waals surface area contributed by atoms with Crippen LogP contribution in [-0.4, -0.2) is 114 Å². The Labute approximate surface area is 362 Å². The first-order valence-corrected chi connectivity index (χ1v) is 21.7. The topological polar surface area (TPSA) is 193 Å². The Bertz CT molecular complexity index is 1730. The molecule has 0 aliphatic carbocycles. The molecular weight excluding hydrogens is 781 g/mol. The van der Waals surface area contributed by atoms with Crippen LogP contribution in [0, 0.1) is 33.8 Å². The number of nitrogens with zero attached hydrogens (tertiary/aromatic N) is 3. The molecule has 1 saturated heterocycles. The van der Waals surface area contributed by atoms with Crippen LogP contribution in [-0.2, 0) is 28.7 Å². The molecule has 340 valence electrons. The lowest BCUT2D eigenvalue weighted by atomic mass is 9.89. The number of hydrogen-bond acceptors (Lipinski definition) is 10. The highest BCUT2D eigenvalue weighted by molar-refractivity contribution is 5.90. The molecule has 15 heteroatoms. The van der Waals surface area contributed by atoms with E-state index >= 15 is 0 Å². The van der Waals surface area contributed by atoms with Gasteiger partial charge in [0.25, 0.3) is 5.69 Å². The summed E-state index contributed by atoms with van der Waals surface area (Å²) in [6.07, 6.45) is -0.150. The Morgan fingerprint density at radius 2 is 1.48 bits per heavy atom. The number of likely N-dealkylation sites (tertiary alicyclic amines) is 1. The van der Waals surface area contributed by atoms with Crippen molar-refractivity contribution >= 4 is 29.3 Å². The normalized spacial score (nSPS) is 19.2. The van der Waals surface area contributed by atoms with E-state index in [2.05, 4.69) is 16.0 Å². The molecule has 1 aliphatic rings. The lowest BCUT2D eigenvalue weighted by Crippen LogP contribution is -2.60. The molecule has 3 rings (SSSR count). The van der Waals surface area contributed by atoms with Crippen molar-refractivity contribution in [1.29, 1.82) is 0 Å². The SMILES string of the molecule is CC[C@H](C)[C@@H]([C@@H](CC(=O)N1CCC[C@H]1[C@H](OC)[C@@H](C)C(=O)N[C@H](C)[C@@H](O)c1ccccc1)OC)N(C)C(=O)[C@@H](NC(=O)[C@@H](NC(C)c1ccc([N+](=O)[O-])cc1)C(C)C)C(C)C. The molecule has 4 amide bonds. The summed E-state index contributed by atoms with van der Waals surface area (Å²) in [6, 6.07) is 12.0. The number of carbonyl (C=O) groups excluding carboxylic acids is 4. The van der Waals surface area contributed by atoms with E-state index in [1.54, 1.807) is 55.0 Å². The average Bonchev–Trinajstić information content (AvgIpc) is 3.73. The van der Waals surface area contributed by atoms with Crippen LogP contribution in [0.4, 0.5) is 5.69 Å². The molecule has 11 atom stereocenters. The summed E-state index contributed by atoms with van der Waals surface area (Å²) in [5, 5.41) is 31.4. The number of aliphatic hydroxyl groups is 1. The molecule has 0 saturated carbocycles. The fourth-order valence-corrected chi connectivity index (χ4v) is 8.48. The molecule has 61 heavy (non-hydrogen) atoms. The highest BCUT2D eigenvalue weighted by Crippen LogP contribution is 2.30. The minimum Gasteiger partial charge on any atom is -0.386 e. The maximum atomic E-state index is 14.5. The molecule has 1 aliphatic heterocycles. The summed E-state index contributed by atoms with van der Waals surface area (Å²) in [6.45, 7) is 17.5. The van der Waals surface area contributed by atoms with Crippen LogP contribution in [0.3, 0.4) is 0 Å². The maximum Gasteiger partial charge on any atom is 0.269 e. The first-order chi connectivity index (χ1) is 28.8. The second-order valence-electron chi connectivity index (χ2n) is 17.4. The number of hydrogen-bond donors (Lipinski definition) is 4. The number of non-ortho nitro benzene ring substituents is 1. The van der Waals surface area contributed by atoms with Crippen LogP contribution in [0.5, 0.6) is 0 Å². The zero-order valence-corrected chi connectivity index (χ0v) is 38.3. The number of amides is 4. The number of methoxy groups -OCH3 is 2. The smallest absolute Gasteiger partial charge is 0.269 e. The van der Waals surface area contributed by atoms with Crippen molar-refractivity contribution in [2.24, 2.45) is 23.7 Å². The Hall–Kier alpha value is -4.44. The summed E-state index contributed by atoms with van der Waals surface area (Å²) in [5.74, 6) is -2.27. The van der Waals surface area contributed by atoms with Gasteiger partial charge in [-0.2, -0.15) is 0 Å². The lowest BCUT2D eigenvalue weighted by Gasteiger charge is -2.41. The Morgan fingerprint density at radius 3 is 2.00 bits per heavy atom. The van der Waals surface area contributed by atoms with Gasteiger partial charge in [-0.1, -0.05) is 97.4 Å². The van der Waals surface area contributed by atoms with E-state index in [1.807, 2.05) is 66.7 Å². The fraction of sp³-hybridized carbons (Fsp3) is 0.652. The third kappa shape index (κ3) is 13.3. The van der Waals surface area contributed by atoms with Gasteiger partial charge in [0, 0.05) is 46.0 Å². The van der Waals surface area contributed by atoms with E-state index in [0.717, 1.165) is 12.0 Å². The van der Waals surface area contributed by atoms with Crippen molar-refractivity contribution in [1.82, 2.24) is 25.8 Å². The summed E-state index contributed by atoms with van der Waals surface area (Å²) in [4.78, 5) is 70.4. The number of nitro groups is 1. The molecule has 0 radical (unpaired) electrons. The van der Waals surface area contributed by atoms with Crippen molar-refractivity contribution in [3.63, 3.8) is 0 Å². The number of aliphatic hydroxyl groups excluding tert-OH is 1. The summed E-state index contributed by atoms with van der Waals surface area (Å²) in [5.41, 5.74) is 1.45. The zero-order valence-electron chi connectivity index (χ0n) is 38.3. The maximum absolute atomic E-state index is 14.5. The zero-order chi connectivity index (χ0) is 45.7. The van der Waals surface area contributed by atoms with E-state index in [4.69, 9.17) is 9.47 Å². The highest BCUT2D eigenvalue weighted by Gasteiger charge is 2.43. The Balaban J connectivity index is 1.76. The van der Waals surface area contributed by atoms with Gasteiger partial charge in [-0.15, -0.1) is 0 Å². The van der Waals surface area contributed by atoms with Crippen molar-refractivity contribution in [3.05, 3.63) is 75.8 Å². The number of carbonyl (C=O) groups is 4. The Kier molecular flexibility index (Phi) is 19.8. The average molecular weight is 853 g/mol. The van der Waals surface area contributed by atoms with Crippen LogP contribution in [0.1, 0.15) is 111 Å². The second-order valence-corrected chi connectivity index (χ2v) is 17.4. The van der Waals surface area contributed by atoms with Crippen molar-refractivity contribution in [3.8, 4) is 0 Å². The molecule has 1 heterocycles. The van der Waals surface area contributed by atoms with Gasteiger partial charge >= 0.3 is 0 Å². The largest absolute Gasteiger partial charge is 0.386 e. The van der Waals surface area contributed by atoms with E-state index in [1.165, 1.54) is 26.4 Å². The molecule has 0 aromatic heterocycles. The first-order valence-electron chi connectivity index (χ1n) is 21.7. The van der Waals surface area contributed by atoms with Crippen LogP contribution in [0.2, 0.25) is 0 Å². The van der Waals surface area contributed by atoms with Crippen LogP contribution in [0.15, 0.2) is 54.6 Å². The summed E-state index contributed by atoms with van der Waals surface area (Å²) in [7, 11) is 4.77. The van der Waals surface area contributed by atoms with Crippen molar-refractivity contribution < 1.29 is 38.7 Å². The van der Waals surface area contributed by atoms with Gasteiger partial charge in [-0.25, -0.2) is 0 Å². The molecule has 2 aromatic rings. The van der Waals surface area contributed by atoms with Gasteiger partial charge in [0.15, 0.2) is 0 Å². The van der Waals surface area contributed by atoms with Gasteiger partial charge in [0.2, 0.25) is 23.6 Å². The van der Waals surface area contributed by atoms with Crippen LogP contribution >= 0.6 is 0 Å². The van der Waals surface area contributed by atoms with Gasteiger partial charge < -0.3 is 35.0 Å². The molecule has 0 spiro atoms. The molecule has 1 fully saturated rings. The highest BCUT2D eigenvalue weighted by atomic mass is 16.6. The molecular formula is C46H72N6O9. The summed E-state index contributed by atoms with van der Waals surface area (Å²) >= 11 is 0. The minimum atomic E-state index is -0.900. The number of nitro benzene ring substituents is 1. The van der Waals surface area contributed by atoms with Crippen molar-refractivity contribution in [2.45, 2.75) is 143 Å². The summed E-state index contributed by atoms with van der Waals surface area (Å²) < 4.78 is 12.0. The number of nitrogens with one attached hydrogen (secondary N) is 3. The predicted octanol–water partition coefficient (Wildman–Crippen LogP) is 5.57. The number of rotatable bonds is 23.